The number of hydrogen-bond donors (Lipinski definition) is 1. The van der Waals surface area contributed by atoms with Gasteiger partial charge in [-0.05, 0) is 51.5 Å². The van der Waals surface area contributed by atoms with Crippen LogP contribution in [0.5, 0.6) is 0 Å². The summed E-state index contributed by atoms with van der Waals surface area (Å²) in [5, 5.41) is 11.1. The van der Waals surface area contributed by atoms with Crippen molar-refractivity contribution < 1.29 is 19.4 Å². The molecule has 0 fully saturated rings. The van der Waals surface area contributed by atoms with Gasteiger partial charge in [0.25, 0.3) is 0 Å². The summed E-state index contributed by atoms with van der Waals surface area (Å²) < 4.78 is 11.2. The summed E-state index contributed by atoms with van der Waals surface area (Å²) in [5.74, 6) is -0.210. The highest BCUT2D eigenvalue weighted by Crippen LogP contribution is 2.32. The van der Waals surface area contributed by atoms with E-state index in [9.17, 15) is 9.90 Å². The molecule has 1 heterocycles. The van der Waals surface area contributed by atoms with Crippen molar-refractivity contribution in [2.45, 2.75) is 77.1 Å². The van der Waals surface area contributed by atoms with Gasteiger partial charge in [-0.2, -0.15) is 0 Å². The lowest BCUT2D eigenvalue weighted by atomic mass is 9.82. The van der Waals surface area contributed by atoms with E-state index in [2.05, 4.69) is 13.0 Å². The molecule has 0 aromatic carbocycles. The fraction of sp³-hybridized carbons (Fsp3) is 0.667. The first-order chi connectivity index (χ1) is 11.7. The Balaban J connectivity index is 2.33. The first-order valence-corrected chi connectivity index (χ1v) is 9.23. The zero-order chi connectivity index (χ0) is 18.7. The van der Waals surface area contributed by atoms with E-state index in [1.807, 2.05) is 39.0 Å². The lowest BCUT2D eigenvalue weighted by Crippen LogP contribution is -2.34. The smallest absolute Gasteiger partial charge is 0.334 e. The number of fused-ring (bicyclic) bond motifs is 1. The second-order valence-corrected chi connectivity index (χ2v) is 7.92. The summed E-state index contributed by atoms with van der Waals surface area (Å²) in [6.45, 7) is 8.10. The van der Waals surface area contributed by atoms with Gasteiger partial charge >= 0.3 is 5.97 Å². The molecule has 1 N–H and O–H groups in total. The number of methoxy groups -OCH3 is 1. The highest BCUT2D eigenvalue weighted by molar-refractivity contribution is 5.90. The Morgan fingerprint density at radius 3 is 2.68 bits per heavy atom. The maximum Gasteiger partial charge on any atom is 0.334 e. The molecule has 0 unspecified atom stereocenters. The van der Waals surface area contributed by atoms with Crippen molar-refractivity contribution in [3.05, 3.63) is 35.5 Å². The second kappa shape index (κ2) is 7.88. The van der Waals surface area contributed by atoms with Crippen LogP contribution in [0, 0.1) is 5.92 Å². The van der Waals surface area contributed by atoms with Crippen LogP contribution in [0.4, 0.5) is 0 Å². The minimum Gasteiger partial charge on any atom is -0.454 e. The Labute approximate surface area is 151 Å². The summed E-state index contributed by atoms with van der Waals surface area (Å²) in [4.78, 5) is 12.1. The zero-order valence-corrected chi connectivity index (χ0v) is 16.2. The van der Waals surface area contributed by atoms with Crippen LogP contribution < -0.4 is 0 Å². The predicted octanol–water partition coefficient (Wildman–Crippen LogP) is 4.10. The van der Waals surface area contributed by atoms with Gasteiger partial charge in [0.2, 0.25) is 0 Å². The van der Waals surface area contributed by atoms with E-state index in [1.54, 1.807) is 7.11 Å². The van der Waals surface area contributed by atoms with E-state index in [0.717, 1.165) is 19.3 Å². The normalized spacial score (nSPS) is 37.7. The molecule has 0 amide bonds. The van der Waals surface area contributed by atoms with Gasteiger partial charge in [0.15, 0.2) is 0 Å². The summed E-state index contributed by atoms with van der Waals surface area (Å²) in [6.07, 6.45) is 11.2. The predicted molar refractivity (Wildman–Crippen MR) is 99.1 cm³/mol. The molecule has 4 heteroatoms. The van der Waals surface area contributed by atoms with Crippen LogP contribution in [-0.4, -0.2) is 35.5 Å². The lowest BCUT2D eigenvalue weighted by Gasteiger charge is -2.32. The minimum atomic E-state index is -0.977. The number of esters is 1. The summed E-state index contributed by atoms with van der Waals surface area (Å²) in [6, 6.07) is 0. The maximum atomic E-state index is 12.1. The van der Waals surface area contributed by atoms with Gasteiger partial charge in [-0.1, -0.05) is 37.6 Å². The SMILES string of the molecule is CO[C@]1(C)/C=C/[C@](O)(C(C)C)CCC2=C[C@H](C/C(C)=C/CC1)OC2=O. The highest BCUT2D eigenvalue weighted by atomic mass is 16.5. The molecule has 1 aliphatic heterocycles. The van der Waals surface area contributed by atoms with Gasteiger partial charge in [-0.3, -0.25) is 0 Å². The van der Waals surface area contributed by atoms with Gasteiger partial charge in [0, 0.05) is 19.1 Å². The molecule has 140 valence electrons. The van der Waals surface area contributed by atoms with E-state index in [4.69, 9.17) is 9.47 Å². The molecule has 2 bridgehead atoms. The van der Waals surface area contributed by atoms with Gasteiger partial charge in [0.05, 0.1) is 11.2 Å². The second-order valence-electron chi connectivity index (χ2n) is 7.92. The van der Waals surface area contributed by atoms with Crippen LogP contribution in [0.25, 0.3) is 0 Å². The molecule has 0 aromatic heterocycles. The summed E-state index contributed by atoms with van der Waals surface area (Å²) >= 11 is 0. The first kappa shape index (κ1) is 19.9. The van der Waals surface area contributed by atoms with Crippen LogP contribution in [0.2, 0.25) is 0 Å². The van der Waals surface area contributed by atoms with Gasteiger partial charge in [-0.15, -0.1) is 0 Å². The number of carbonyl (C=O) groups excluding carboxylic acids is 1. The number of aliphatic hydroxyl groups is 1. The van der Waals surface area contributed by atoms with E-state index < -0.39 is 11.2 Å². The molecular weight excluding hydrogens is 316 g/mol. The molecule has 3 atom stereocenters. The Morgan fingerprint density at radius 1 is 1.32 bits per heavy atom. The van der Waals surface area contributed by atoms with Crippen molar-refractivity contribution in [3.63, 3.8) is 0 Å². The van der Waals surface area contributed by atoms with Crippen molar-refractivity contribution in [3.8, 4) is 0 Å². The lowest BCUT2D eigenvalue weighted by molar-refractivity contribution is -0.139. The standard InChI is InChI=1S/C21H32O4/c1-15(2)21(23)10-8-17-14-18(25-19(17)22)13-16(3)7-6-9-20(4,24-5)11-12-21/h7,11-12,14-15,18,23H,6,8-10,13H2,1-5H3/b12-11+,16-7+/t18-,20-,21-/m0/s1. The number of carbonyl (C=O) groups is 1. The molecule has 1 aliphatic carbocycles. The van der Waals surface area contributed by atoms with Gasteiger partial charge in [-0.25, -0.2) is 4.79 Å². The molecule has 25 heavy (non-hydrogen) atoms. The van der Waals surface area contributed by atoms with Gasteiger partial charge in [0.1, 0.15) is 6.10 Å². The molecule has 4 nitrogen and oxygen atoms in total. The fourth-order valence-corrected chi connectivity index (χ4v) is 3.30. The third kappa shape index (κ3) is 5.05. The summed E-state index contributed by atoms with van der Waals surface area (Å²) in [5.41, 5.74) is 0.494. The fourth-order valence-electron chi connectivity index (χ4n) is 3.30. The van der Waals surface area contributed by atoms with E-state index in [1.165, 1.54) is 5.57 Å². The third-order valence-electron chi connectivity index (χ3n) is 5.55. The van der Waals surface area contributed by atoms with Crippen LogP contribution >= 0.6 is 0 Å². The van der Waals surface area contributed by atoms with Crippen molar-refractivity contribution in [1.82, 2.24) is 0 Å². The maximum absolute atomic E-state index is 12.1. The third-order valence-corrected chi connectivity index (χ3v) is 5.55. The molecule has 2 aliphatic rings. The van der Waals surface area contributed by atoms with Crippen LogP contribution in [-0.2, 0) is 14.3 Å². The molecule has 0 aromatic rings. The number of ether oxygens (including phenoxy) is 2. The first-order valence-electron chi connectivity index (χ1n) is 9.23. The van der Waals surface area contributed by atoms with Crippen molar-refractivity contribution >= 4 is 5.97 Å². The van der Waals surface area contributed by atoms with E-state index >= 15 is 0 Å². The van der Waals surface area contributed by atoms with Crippen LogP contribution in [0.15, 0.2) is 35.5 Å². The molecular formula is C21H32O4. The molecule has 0 radical (unpaired) electrons. The average Bonchev–Trinajstić information content (AvgIpc) is 2.89. The Bertz CT molecular complexity index is 587. The minimum absolute atomic E-state index is 0.0359. The summed E-state index contributed by atoms with van der Waals surface area (Å²) in [7, 11) is 1.70. The molecule has 0 saturated heterocycles. The number of allylic oxidation sites excluding steroid dienone is 1. The Morgan fingerprint density at radius 2 is 2.04 bits per heavy atom. The van der Waals surface area contributed by atoms with Crippen LogP contribution in [0.1, 0.15) is 59.8 Å². The molecule has 2 rings (SSSR count). The highest BCUT2D eigenvalue weighted by Gasteiger charge is 2.33. The van der Waals surface area contributed by atoms with Gasteiger partial charge < -0.3 is 14.6 Å². The average molecular weight is 348 g/mol. The Kier molecular flexibility index (Phi) is 6.28. The number of rotatable bonds is 2. The van der Waals surface area contributed by atoms with Crippen LogP contribution in [0.3, 0.4) is 0 Å². The van der Waals surface area contributed by atoms with E-state index in [0.29, 0.717) is 18.4 Å². The zero-order valence-electron chi connectivity index (χ0n) is 16.2. The largest absolute Gasteiger partial charge is 0.454 e. The number of hydrogen-bond acceptors (Lipinski definition) is 4. The van der Waals surface area contributed by atoms with Crippen molar-refractivity contribution in [2.24, 2.45) is 5.92 Å². The van der Waals surface area contributed by atoms with E-state index in [-0.39, 0.29) is 18.0 Å². The molecule has 0 saturated carbocycles. The van der Waals surface area contributed by atoms with Crippen molar-refractivity contribution in [1.29, 1.82) is 0 Å². The molecule has 0 spiro atoms. The quantitative estimate of drug-likeness (QED) is 0.603. The Hall–Kier alpha value is -1.39. The van der Waals surface area contributed by atoms with Crippen molar-refractivity contribution in [2.75, 3.05) is 7.11 Å². The topological polar surface area (TPSA) is 55.8 Å². The monoisotopic (exact) mass is 348 g/mol.